The first-order valence-corrected chi connectivity index (χ1v) is 17.0. The Morgan fingerprint density at radius 3 is 2.00 bits per heavy atom. The summed E-state index contributed by atoms with van der Waals surface area (Å²) in [5, 5.41) is 12.7. The van der Waals surface area contributed by atoms with E-state index in [1.807, 2.05) is 42.5 Å². The predicted octanol–water partition coefficient (Wildman–Crippen LogP) is 3.49. The van der Waals surface area contributed by atoms with Gasteiger partial charge in [0.1, 0.15) is 11.4 Å². The van der Waals surface area contributed by atoms with Gasteiger partial charge in [-0.1, -0.05) is 30.3 Å². The van der Waals surface area contributed by atoms with Crippen molar-refractivity contribution in [1.82, 2.24) is 24.5 Å². The summed E-state index contributed by atoms with van der Waals surface area (Å²) in [4.78, 5) is 38.4. The van der Waals surface area contributed by atoms with E-state index >= 15 is 0 Å². The van der Waals surface area contributed by atoms with Gasteiger partial charge >= 0.3 is 0 Å². The van der Waals surface area contributed by atoms with E-state index in [4.69, 9.17) is 0 Å². The number of nitriles is 1. The number of ketones is 1. The number of nitrogens with one attached hydrogen (secondary N) is 1. The van der Waals surface area contributed by atoms with Crippen LogP contribution in [-0.4, -0.2) is 64.0 Å². The molecule has 47 heavy (non-hydrogen) atoms. The number of allylic oxidation sites excluding steroid dienone is 1. The van der Waals surface area contributed by atoms with E-state index in [0.717, 1.165) is 16.7 Å². The topological polar surface area (TPSA) is 136 Å². The zero-order valence-corrected chi connectivity index (χ0v) is 26.3. The van der Waals surface area contributed by atoms with Crippen LogP contribution in [0.2, 0.25) is 0 Å². The van der Waals surface area contributed by atoms with E-state index in [-0.39, 0.29) is 35.3 Å². The Morgan fingerprint density at radius 2 is 1.45 bits per heavy atom. The molecule has 1 saturated carbocycles. The number of carbonyl (C=O) groups excluding carboxylic acids is 2. The molecule has 10 nitrogen and oxygen atoms in total. The Balaban J connectivity index is 1.21. The van der Waals surface area contributed by atoms with Crippen LogP contribution >= 0.6 is 0 Å². The molecule has 2 aromatic heterocycles. The second kappa shape index (κ2) is 12.2. The van der Waals surface area contributed by atoms with Gasteiger partial charge in [0, 0.05) is 80.2 Å². The maximum atomic E-state index is 14.8. The fourth-order valence-electron chi connectivity index (χ4n) is 6.96. The third-order valence-electron chi connectivity index (χ3n) is 9.33. The third kappa shape index (κ3) is 6.05. The molecule has 2 atom stereocenters. The predicted molar refractivity (Wildman–Crippen MR) is 174 cm³/mol. The number of nitrogens with zero attached hydrogens (tertiary/aromatic N) is 5. The number of amides is 1. The van der Waals surface area contributed by atoms with Crippen molar-refractivity contribution in [3.8, 4) is 6.07 Å². The van der Waals surface area contributed by atoms with Crippen LogP contribution in [0.1, 0.15) is 32.6 Å². The molecule has 7 rings (SSSR count). The van der Waals surface area contributed by atoms with E-state index < -0.39 is 15.6 Å². The molecule has 2 aliphatic heterocycles. The number of sulfonamides is 1. The highest BCUT2D eigenvalue weighted by atomic mass is 32.2. The molecule has 2 unspecified atom stereocenters. The first kappa shape index (κ1) is 30.5. The van der Waals surface area contributed by atoms with Crippen LogP contribution < -0.4 is 5.32 Å². The Morgan fingerprint density at radius 1 is 0.872 bits per heavy atom. The molecule has 0 bridgehead atoms. The lowest BCUT2D eigenvalue weighted by atomic mass is 9.85. The van der Waals surface area contributed by atoms with Crippen molar-refractivity contribution in [1.29, 1.82) is 5.26 Å². The minimum Gasteiger partial charge on any atom is -0.357 e. The molecule has 0 spiro atoms. The van der Waals surface area contributed by atoms with Crippen molar-refractivity contribution in [2.24, 2.45) is 11.8 Å². The molecule has 4 aromatic rings. The van der Waals surface area contributed by atoms with E-state index in [1.165, 1.54) is 10.4 Å². The monoisotopic (exact) mass is 644 g/mol. The lowest BCUT2D eigenvalue weighted by Gasteiger charge is -2.28. The van der Waals surface area contributed by atoms with E-state index in [1.54, 1.807) is 66.1 Å². The smallest absolute Gasteiger partial charge is 0.254 e. The fraction of sp³-hybridized carbons (Fsp3) is 0.250. The van der Waals surface area contributed by atoms with Gasteiger partial charge in [0.25, 0.3) is 5.91 Å². The molecule has 1 N–H and O–H groups in total. The van der Waals surface area contributed by atoms with Crippen LogP contribution in [0.25, 0.3) is 0 Å². The molecule has 11 heteroatoms. The Hall–Kier alpha value is -5.18. The molecule has 4 heterocycles. The molecule has 0 radical (unpaired) electrons. The van der Waals surface area contributed by atoms with Gasteiger partial charge in [-0.3, -0.25) is 24.5 Å². The van der Waals surface area contributed by atoms with Gasteiger partial charge in [0.2, 0.25) is 10.0 Å². The van der Waals surface area contributed by atoms with Crippen molar-refractivity contribution < 1.29 is 18.0 Å². The number of hydrogen-bond donors (Lipinski definition) is 1. The number of rotatable bonds is 10. The lowest BCUT2D eigenvalue weighted by Crippen LogP contribution is -2.51. The van der Waals surface area contributed by atoms with Crippen LogP contribution in [0.4, 0.5) is 0 Å². The SMILES string of the molecule is N#Cc1ccc(C(=O)/C=C2\NC(Cc3ccncc3)(Cc3ccncc3)C(=O)N2C2C3CN(S(=O)(=O)Cc4ccccc4)CC32)cc1. The number of piperidine rings is 1. The van der Waals surface area contributed by atoms with E-state index in [9.17, 15) is 23.3 Å². The number of pyridine rings is 2. The van der Waals surface area contributed by atoms with Gasteiger partial charge in [-0.15, -0.1) is 0 Å². The third-order valence-corrected chi connectivity index (χ3v) is 11.1. The second-order valence-corrected chi connectivity index (χ2v) is 14.4. The van der Waals surface area contributed by atoms with Crippen molar-refractivity contribution in [3.63, 3.8) is 0 Å². The van der Waals surface area contributed by atoms with Crippen molar-refractivity contribution in [3.05, 3.63) is 143 Å². The number of carbonyl (C=O) groups is 2. The molecule has 1 amide bonds. The van der Waals surface area contributed by atoms with Crippen molar-refractivity contribution >= 4 is 21.7 Å². The average molecular weight is 645 g/mol. The highest BCUT2D eigenvalue weighted by Crippen LogP contribution is 2.53. The maximum absolute atomic E-state index is 14.8. The molecule has 236 valence electrons. The Kier molecular flexibility index (Phi) is 7.91. The number of fused-ring (bicyclic) bond motifs is 1. The summed E-state index contributed by atoms with van der Waals surface area (Å²) in [6.07, 6.45) is 8.89. The highest BCUT2D eigenvalue weighted by Gasteiger charge is 2.65. The number of hydrogen-bond acceptors (Lipinski definition) is 8. The van der Waals surface area contributed by atoms with Crippen LogP contribution in [-0.2, 0) is 33.4 Å². The number of aromatic nitrogens is 2. The molecule has 2 saturated heterocycles. The van der Waals surface area contributed by atoms with Gasteiger partial charge in [-0.25, -0.2) is 12.7 Å². The largest absolute Gasteiger partial charge is 0.357 e. The van der Waals surface area contributed by atoms with Crippen LogP contribution in [0.15, 0.2) is 116 Å². The number of benzene rings is 2. The summed E-state index contributed by atoms with van der Waals surface area (Å²) < 4.78 is 28.2. The quantitative estimate of drug-likeness (QED) is 0.205. The van der Waals surface area contributed by atoms with Gasteiger partial charge in [-0.2, -0.15) is 5.26 Å². The summed E-state index contributed by atoms with van der Waals surface area (Å²) in [6, 6.07) is 24.8. The second-order valence-electron chi connectivity index (χ2n) is 12.4. The molecule has 2 aromatic carbocycles. The Bertz CT molecular complexity index is 1930. The minimum absolute atomic E-state index is 0.0580. The van der Waals surface area contributed by atoms with E-state index in [2.05, 4.69) is 21.4 Å². The van der Waals surface area contributed by atoms with Crippen LogP contribution in [0.3, 0.4) is 0 Å². The van der Waals surface area contributed by atoms with Gasteiger partial charge in [-0.05, 0) is 65.2 Å². The van der Waals surface area contributed by atoms with Crippen molar-refractivity contribution in [2.45, 2.75) is 30.2 Å². The van der Waals surface area contributed by atoms with Gasteiger partial charge < -0.3 is 5.32 Å². The summed E-state index contributed by atoms with van der Waals surface area (Å²) >= 11 is 0. The maximum Gasteiger partial charge on any atom is 0.254 e. The standard InChI is InChI=1S/C36H32N6O4S/c37-21-27-6-8-29(9-7-27)32(43)18-33-40-36(19-25-10-14-38-15-11-25,20-26-12-16-39-17-13-26)35(44)42(33)34-30-22-41(23-31(30)34)47(45,46)24-28-4-2-1-3-5-28/h1-18,30-31,34,40H,19-20,22-24H2/b33-18+. The van der Waals surface area contributed by atoms with Crippen LogP contribution in [0, 0.1) is 23.2 Å². The van der Waals surface area contributed by atoms with Crippen LogP contribution in [0.5, 0.6) is 0 Å². The first-order valence-electron chi connectivity index (χ1n) is 15.4. The Labute approximate surface area is 273 Å². The normalized spacial score (nSPS) is 22.4. The minimum atomic E-state index is -3.54. The summed E-state index contributed by atoms with van der Waals surface area (Å²) in [5.41, 5.74) is 2.26. The zero-order valence-electron chi connectivity index (χ0n) is 25.4. The lowest BCUT2D eigenvalue weighted by molar-refractivity contribution is -0.132. The highest BCUT2D eigenvalue weighted by molar-refractivity contribution is 7.88. The summed E-state index contributed by atoms with van der Waals surface area (Å²) in [5.74, 6) is -0.271. The first-order chi connectivity index (χ1) is 22.8. The summed E-state index contributed by atoms with van der Waals surface area (Å²) in [6.45, 7) is 0.625. The van der Waals surface area contributed by atoms with E-state index in [0.29, 0.717) is 42.9 Å². The molecule has 3 aliphatic rings. The van der Waals surface area contributed by atoms with Gasteiger partial charge in [0.05, 0.1) is 17.4 Å². The fourth-order valence-corrected chi connectivity index (χ4v) is 8.55. The zero-order chi connectivity index (χ0) is 32.6. The molecular formula is C36H32N6O4S. The molecule has 1 aliphatic carbocycles. The van der Waals surface area contributed by atoms with Crippen molar-refractivity contribution in [2.75, 3.05) is 13.1 Å². The average Bonchev–Trinajstić information content (AvgIpc) is 3.40. The molecular weight excluding hydrogens is 613 g/mol. The summed E-state index contributed by atoms with van der Waals surface area (Å²) in [7, 11) is -3.54. The van der Waals surface area contributed by atoms with Gasteiger partial charge in [0.15, 0.2) is 5.78 Å². The molecule has 3 fully saturated rings.